The topological polar surface area (TPSA) is 98.7 Å². The summed E-state index contributed by atoms with van der Waals surface area (Å²) in [6.45, 7) is 0.641. The summed E-state index contributed by atoms with van der Waals surface area (Å²) in [6.07, 6.45) is 3.32. The molecule has 0 heterocycles. The van der Waals surface area contributed by atoms with Crippen molar-refractivity contribution in [2.75, 3.05) is 6.54 Å². The van der Waals surface area contributed by atoms with E-state index in [4.69, 9.17) is 16.8 Å². The zero-order chi connectivity index (χ0) is 24.3. The van der Waals surface area contributed by atoms with Crippen molar-refractivity contribution < 1.29 is 19.6 Å². The van der Waals surface area contributed by atoms with Crippen LogP contribution in [0.15, 0.2) is 84.9 Å². The minimum atomic E-state index is -0.629. The number of carbonyl (C=O) groups excluding carboxylic acids is 3. The zero-order valence-corrected chi connectivity index (χ0v) is 19.0. The lowest BCUT2D eigenvalue weighted by atomic mass is 10.1. The summed E-state index contributed by atoms with van der Waals surface area (Å²) < 4.78 is 0. The Kier molecular flexibility index (Phi) is 8.96. The molecule has 0 aliphatic carbocycles. The summed E-state index contributed by atoms with van der Waals surface area (Å²) in [6, 6.07) is 22.7. The van der Waals surface area contributed by atoms with Gasteiger partial charge in [-0.2, -0.15) is 0 Å². The molecule has 0 fully saturated rings. The molecule has 7 nitrogen and oxygen atoms in total. The molecule has 3 aromatic rings. The van der Waals surface area contributed by atoms with Gasteiger partial charge in [0, 0.05) is 29.8 Å². The van der Waals surface area contributed by atoms with E-state index >= 15 is 0 Å². The molecule has 0 bridgehead atoms. The second-order valence-electron chi connectivity index (χ2n) is 7.48. The molecule has 0 aromatic heterocycles. The second-order valence-corrected chi connectivity index (χ2v) is 7.91. The zero-order valence-electron chi connectivity index (χ0n) is 18.3. The highest BCUT2D eigenvalue weighted by molar-refractivity contribution is 6.30. The molecule has 4 amide bonds. The first-order chi connectivity index (χ1) is 16.4. The minimum absolute atomic E-state index is 0.273. The van der Waals surface area contributed by atoms with Gasteiger partial charge in [0.1, 0.15) is 0 Å². The third-order valence-corrected chi connectivity index (χ3v) is 5.23. The molecule has 0 aliphatic heterocycles. The smallest absolute Gasteiger partial charge is 0.320 e. The molecule has 8 heteroatoms. The van der Waals surface area contributed by atoms with E-state index in [9.17, 15) is 14.4 Å². The molecular weight excluding hydrogens is 454 g/mol. The van der Waals surface area contributed by atoms with Crippen LogP contribution in [0.3, 0.4) is 0 Å². The molecule has 174 valence electrons. The Hall–Kier alpha value is -3.94. The summed E-state index contributed by atoms with van der Waals surface area (Å²) in [5.74, 6) is -1.10. The monoisotopic (exact) mass is 477 g/mol. The Balaban J connectivity index is 1.72. The Bertz CT molecular complexity index is 1160. The predicted octanol–water partition coefficient (Wildman–Crippen LogP) is 4.45. The maximum atomic E-state index is 13.0. The van der Waals surface area contributed by atoms with Crippen molar-refractivity contribution in [2.24, 2.45) is 0 Å². The fourth-order valence-corrected chi connectivity index (χ4v) is 3.42. The number of nitrogens with one attached hydrogen (secondary N) is 2. The summed E-state index contributed by atoms with van der Waals surface area (Å²) in [4.78, 5) is 38.2. The molecule has 34 heavy (non-hydrogen) atoms. The van der Waals surface area contributed by atoms with Crippen LogP contribution in [0.25, 0.3) is 6.08 Å². The van der Waals surface area contributed by atoms with E-state index < -0.39 is 17.8 Å². The second kappa shape index (κ2) is 12.3. The van der Waals surface area contributed by atoms with Gasteiger partial charge in [0.15, 0.2) is 0 Å². The van der Waals surface area contributed by atoms with E-state index in [1.165, 1.54) is 11.6 Å². The Morgan fingerprint density at radius 3 is 2.32 bits per heavy atom. The number of hydrogen-bond acceptors (Lipinski definition) is 4. The molecular formula is C26H24ClN3O4. The normalized spacial score (nSPS) is 10.6. The third kappa shape index (κ3) is 7.58. The van der Waals surface area contributed by atoms with Crippen molar-refractivity contribution in [1.29, 1.82) is 0 Å². The Morgan fingerprint density at radius 1 is 0.912 bits per heavy atom. The number of carbonyl (C=O) groups is 3. The average molecular weight is 478 g/mol. The van der Waals surface area contributed by atoms with E-state index in [1.807, 2.05) is 30.3 Å². The van der Waals surface area contributed by atoms with Crippen molar-refractivity contribution in [3.8, 4) is 0 Å². The summed E-state index contributed by atoms with van der Waals surface area (Å²) in [5.41, 5.74) is 4.50. The molecule has 0 unspecified atom stereocenters. The average Bonchev–Trinajstić information content (AvgIpc) is 2.86. The van der Waals surface area contributed by atoms with Gasteiger partial charge in [-0.3, -0.25) is 20.1 Å². The number of benzene rings is 3. The number of nitrogens with zero attached hydrogens (tertiary/aromatic N) is 1. The summed E-state index contributed by atoms with van der Waals surface area (Å²) >= 11 is 6.08. The number of amides is 4. The summed E-state index contributed by atoms with van der Waals surface area (Å²) in [7, 11) is 0. The first-order valence-corrected chi connectivity index (χ1v) is 10.9. The molecule has 0 spiro atoms. The number of rotatable bonds is 8. The van der Waals surface area contributed by atoms with Gasteiger partial charge in [0.2, 0.25) is 0 Å². The minimum Gasteiger partial charge on any atom is -0.320 e. The number of halogens is 1. The predicted molar refractivity (Wildman–Crippen MR) is 130 cm³/mol. The van der Waals surface area contributed by atoms with E-state index in [1.54, 1.807) is 59.5 Å². The molecule has 0 atom stereocenters. The number of hydrogen-bond donors (Lipinski definition) is 3. The van der Waals surface area contributed by atoms with Gasteiger partial charge < -0.3 is 4.90 Å². The fourth-order valence-electron chi connectivity index (χ4n) is 3.21. The highest BCUT2D eigenvalue weighted by Gasteiger charge is 2.18. The van der Waals surface area contributed by atoms with Gasteiger partial charge in [-0.25, -0.2) is 10.3 Å². The third-order valence-electron chi connectivity index (χ3n) is 4.99. The van der Waals surface area contributed by atoms with Gasteiger partial charge >= 0.3 is 6.03 Å². The van der Waals surface area contributed by atoms with E-state index in [0.717, 1.165) is 16.7 Å². The molecule has 0 aliphatic rings. The number of imide groups is 1. The summed E-state index contributed by atoms with van der Waals surface area (Å²) in [5, 5.41) is 11.6. The van der Waals surface area contributed by atoms with E-state index in [2.05, 4.69) is 5.32 Å². The van der Waals surface area contributed by atoms with Gasteiger partial charge in [0.25, 0.3) is 11.8 Å². The Morgan fingerprint density at radius 2 is 1.65 bits per heavy atom. The van der Waals surface area contributed by atoms with E-state index in [0.29, 0.717) is 23.6 Å². The van der Waals surface area contributed by atoms with Gasteiger partial charge in [0.05, 0.1) is 0 Å². The lowest BCUT2D eigenvalue weighted by Gasteiger charge is -2.23. The van der Waals surface area contributed by atoms with Crippen LogP contribution >= 0.6 is 11.6 Å². The molecule has 0 radical (unpaired) electrons. The highest BCUT2D eigenvalue weighted by Crippen LogP contribution is 2.14. The fraction of sp³-hybridized carbons (Fsp3) is 0.115. The highest BCUT2D eigenvalue weighted by atomic mass is 35.5. The SMILES string of the molecule is O=C(/C=C/c1ccc(CN(CCc2cccc(Cl)c2)C(=O)NC(=O)c2ccccc2)cc1)NO. The van der Waals surface area contributed by atoms with Gasteiger partial charge in [-0.1, -0.05) is 66.2 Å². The van der Waals surface area contributed by atoms with Crippen LogP contribution in [0.1, 0.15) is 27.0 Å². The first kappa shape index (κ1) is 24.7. The van der Waals surface area contributed by atoms with Crippen molar-refractivity contribution >= 4 is 35.5 Å². The van der Waals surface area contributed by atoms with Gasteiger partial charge in [-0.05, 0) is 53.5 Å². The van der Waals surface area contributed by atoms with Crippen molar-refractivity contribution in [2.45, 2.75) is 13.0 Å². The number of urea groups is 1. The van der Waals surface area contributed by atoms with Crippen LogP contribution in [-0.2, 0) is 17.8 Å². The maximum Gasteiger partial charge on any atom is 0.324 e. The van der Waals surface area contributed by atoms with Crippen molar-refractivity contribution in [3.05, 3.63) is 112 Å². The van der Waals surface area contributed by atoms with Crippen LogP contribution in [-0.4, -0.2) is 34.5 Å². The lowest BCUT2D eigenvalue weighted by Crippen LogP contribution is -2.43. The van der Waals surface area contributed by atoms with Crippen molar-refractivity contribution in [3.63, 3.8) is 0 Å². The number of hydroxylamine groups is 1. The molecule has 3 N–H and O–H groups in total. The molecule has 0 saturated carbocycles. The first-order valence-electron chi connectivity index (χ1n) is 10.6. The molecule has 3 rings (SSSR count). The lowest BCUT2D eigenvalue weighted by molar-refractivity contribution is -0.124. The van der Waals surface area contributed by atoms with Crippen LogP contribution in [0.2, 0.25) is 5.02 Å². The molecule has 3 aromatic carbocycles. The van der Waals surface area contributed by atoms with Crippen LogP contribution in [0.5, 0.6) is 0 Å². The van der Waals surface area contributed by atoms with E-state index in [-0.39, 0.29) is 6.54 Å². The van der Waals surface area contributed by atoms with Gasteiger partial charge in [-0.15, -0.1) is 0 Å². The maximum absolute atomic E-state index is 13.0. The van der Waals surface area contributed by atoms with Crippen LogP contribution in [0.4, 0.5) is 4.79 Å². The van der Waals surface area contributed by atoms with Crippen LogP contribution < -0.4 is 10.8 Å². The largest absolute Gasteiger partial charge is 0.324 e. The standard InChI is InChI=1S/C26H24ClN3O4/c27-23-8-4-5-20(17-23)15-16-30(26(33)28-25(32)22-6-2-1-3-7-22)18-21-11-9-19(10-12-21)13-14-24(31)29-34/h1-14,17,34H,15-16,18H2,(H,29,31)(H,28,32,33)/b14-13+. The molecule has 0 saturated heterocycles. The quantitative estimate of drug-likeness (QED) is 0.253. The van der Waals surface area contributed by atoms with Crippen molar-refractivity contribution in [1.82, 2.24) is 15.7 Å². The van der Waals surface area contributed by atoms with Crippen LogP contribution in [0, 0.1) is 0 Å². The Labute approximate surface area is 202 Å².